The molecule has 3 aromatic rings. The number of rotatable bonds is 3. The summed E-state index contributed by atoms with van der Waals surface area (Å²) in [5, 5.41) is 0.880. The largest absolute Gasteiger partial charge is 0.398 e. The maximum atomic E-state index is 12.5. The second-order valence-corrected chi connectivity index (χ2v) is 7.09. The Morgan fingerprint density at radius 1 is 1.20 bits per heavy atom. The maximum absolute atomic E-state index is 12.5. The highest BCUT2D eigenvalue weighted by molar-refractivity contribution is 7.84. The number of hydrogen-bond acceptors (Lipinski definition) is 4. The van der Waals surface area contributed by atoms with E-state index in [1.165, 1.54) is 0 Å². The highest BCUT2D eigenvalue weighted by atomic mass is 32.2. The van der Waals surface area contributed by atoms with Gasteiger partial charge in [0.15, 0.2) is 0 Å². The molecule has 1 aromatic heterocycles. The standard InChI is InChI=1S/C15H14N2OS2/c1-10-5-4-8-13(15(10)16)20(18)9-14-17-11-6-2-3-7-12(11)19-14/h2-8H,9,16H2,1H3. The number of hydrogen-bond donors (Lipinski definition) is 1. The van der Waals surface area contributed by atoms with Crippen molar-refractivity contribution in [2.24, 2.45) is 0 Å². The molecule has 3 rings (SSSR count). The molecule has 0 aliphatic rings. The van der Waals surface area contributed by atoms with Crippen LogP contribution in [0, 0.1) is 6.92 Å². The van der Waals surface area contributed by atoms with Crippen molar-refractivity contribution in [2.75, 3.05) is 5.73 Å². The average Bonchev–Trinajstić information content (AvgIpc) is 2.83. The highest BCUT2D eigenvalue weighted by Gasteiger charge is 2.13. The molecule has 0 bridgehead atoms. The summed E-state index contributed by atoms with van der Waals surface area (Å²) < 4.78 is 13.6. The van der Waals surface area contributed by atoms with Crippen molar-refractivity contribution in [1.29, 1.82) is 0 Å². The second-order valence-electron chi connectivity index (χ2n) is 4.55. The number of nitrogen functional groups attached to an aromatic ring is 1. The van der Waals surface area contributed by atoms with Gasteiger partial charge < -0.3 is 5.73 Å². The van der Waals surface area contributed by atoms with E-state index in [9.17, 15) is 4.21 Å². The van der Waals surface area contributed by atoms with E-state index in [2.05, 4.69) is 4.98 Å². The summed E-state index contributed by atoms with van der Waals surface area (Å²) in [5.74, 6) is 0.410. The molecule has 0 fully saturated rings. The zero-order valence-electron chi connectivity index (χ0n) is 11.0. The topological polar surface area (TPSA) is 56.0 Å². The quantitative estimate of drug-likeness (QED) is 0.753. The Balaban J connectivity index is 1.90. The molecule has 0 spiro atoms. The monoisotopic (exact) mass is 302 g/mol. The van der Waals surface area contributed by atoms with E-state index in [-0.39, 0.29) is 0 Å². The summed E-state index contributed by atoms with van der Waals surface area (Å²) in [6.45, 7) is 1.92. The Labute approximate surface area is 123 Å². The fraction of sp³-hybridized carbons (Fsp3) is 0.133. The molecule has 5 heteroatoms. The lowest BCUT2D eigenvalue weighted by atomic mass is 10.2. The van der Waals surface area contributed by atoms with Crippen molar-refractivity contribution in [3.8, 4) is 0 Å². The lowest BCUT2D eigenvalue weighted by Gasteiger charge is -2.06. The van der Waals surface area contributed by atoms with Gasteiger partial charge >= 0.3 is 0 Å². The fourth-order valence-electron chi connectivity index (χ4n) is 2.02. The number of para-hydroxylation sites is 2. The second kappa shape index (κ2) is 5.34. The Morgan fingerprint density at radius 3 is 2.80 bits per heavy atom. The molecule has 20 heavy (non-hydrogen) atoms. The van der Waals surface area contributed by atoms with E-state index >= 15 is 0 Å². The van der Waals surface area contributed by atoms with Crippen molar-refractivity contribution in [1.82, 2.24) is 4.98 Å². The third-order valence-corrected chi connectivity index (χ3v) is 5.72. The van der Waals surface area contributed by atoms with Crippen molar-refractivity contribution in [3.05, 3.63) is 53.0 Å². The smallest absolute Gasteiger partial charge is 0.107 e. The first-order valence-electron chi connectivity index (χ1n) is 6.23. The maximum Gasteiger partial charge on any atom is 0.107 e. The minimum atomic E-state index is -1.16. The van der Waals surface area contributed by atoms with Gasteiger partial charge in [0.2, 0.25) is 0 Å². The van der Waals surface area contributed by atoms with Crippen LogP contribution in [0.1, 0.15) is 10.6 Å². The molecule has 2 N–H and O–H groups in total. The predicted octanol–water partition coefficient (Wildman–Crippen LogP) is 3.49. The minimum Gasteiger partial charge on any atom is -0.398 e. The number of aryl methyl sites for hydroxylation is 1. The number of fused-ring (bicyclic) bond motifs is 1. The van der Waals surface area contributed by atoms with E-state index in [1.54, 1.807) is 11.3 Å². The van der Waals surface area contributed by atoms with Gasteiger partial charge in [-0.15, -0.1) is 11.3 Å². The lowest BCUT2D eigenvalue weighted by Crippen LogP contribution is -2.02. The first-order valence-corrected chi connectivity index (χ1v) is 8.36. The van der Waals surface area contributed by atoms with Crippen LogP contribution in [0.15, 0.2) is 47.4 Å². The van der Waals surface area contributed by atoms with E-state index in [0.717, 1.165) is 20.8 Å². The molecule has 0 saturated heterocycles. The summed E-state index contributed by atoms with van der Waals surface area (Å²) in [6.07, 6.45) is 0. The summed E-state index contributed by atoms with van der Waals surface area (Å²) in [7, 11) is -1.16. The molecule has 0 radical (unpaired) electrons. The number of thiazole rings is 1. The fourth-order valence-corrected chi connectivity index (χ4v) is 4.42. The highest BCUT2D eigenvalue weighted by Crippen LogP contribution is 2.26. The molecule has 2 aromatic carbocycles. The van der Waals surface area contributed by atoms with E-state index in [4.69, 9.17) is 5.73 Å². The summed E-state index contributed by atoms with van der Waals surface area (Å²) in [5.41, 5.74) is 8.54. The molecule has 1 atom stereocenters. The van der Waals surface area contributed by atoms with Crippen molar-refractivity contribution < 1.29 is 4.21 Å². The predicted molar refractivity (Wildman–Crippen MR) is 85.3 cm³/mol. The van der Waals surface area contributed by atoms with Crippen LogP contribution in [0.2, 0.25) is 0 Å². The molecule has 102 valence electrons. The Bertz CT molecular complexity index is 762. The molecule has 0 aliphatic heterocycles. The molecule has 3 nitrogen and oxygen atoms in total. The van der Waals surface area contributed by atoms with Gasteiger partial charge in [-0.2, -0.15) is 0 Å². The van der Waals surface area contributed by atoms with Gasteiger partial charge in [0.1, 0.15) is 5.01 Å². The minimum absolute atomic E-state index is 0.410. The molecule has 1 heterocycles. The molecular formula is C15H14N2OS2. The zero-order valence-corrected chi connectivity index (χ0v) is 12.6. The van der Waals surface area contributed by atoms with Crippen LogP contribution in [-0.4, -0.2) is 9.19 Å². The number of nitrogens with zero attached hydrogens (tertiary/aromatic N) is 1. The van der Waals surface area contributed by atoms with Crippen LogP contribution in [0.4, 0.5) is 5.69 Å². The van der Waals surface area contributed by atoms with E-state index < -0.39 is 10.8 Å². The van der Waals surface area contributed by atoms with Crippen molar-refractivity contribution >= 4 is 38.0 Å². The first kappa shape index (κ1) is 13.3. The molecule has 0 amide bonds. The third-order valence-electron chi connectivity index (χ3n) is 3.12. The number of aromatic nitrogens is 1. The average molecular weight is 302 g/mol. The molecular weight excluding hydrogens is 288 g/mol. The zero-order chi connectivity index (χ0) is 14.1. The van der Waals surface area contributed by atoms with Gasteiger partial charge in [-0.25, -0.2) is 4.98 Å². The Hall–Kier alpha value is -1.72. The van der Waals surface area contributed by atoms with Crippen LogP contribution in [0.25, 0.3) is 10.2 Å². The Morgan fingerprint density at radius 2 is 2.00 bits per heavy atom. The number of anilines is 1. The van der Waals surface area contributed by atoms with Crippen LogP contribution < -0.4 is 5.73 Å². The van der Waals surface area contributed by atoms with E-state index in [0.29, 0.717) is 16.3 Å². The van der Waals surface area contributed by atoms with Crippen LogP contribution >= 0.6 is 11.3 Å². The van der Waals surface area contributed by atoms with Gasteiger partial charge in [-0.05, 0) is 30.7 Å². The van der Waals surface area contributed by atoms with Crippen LogP contribution in [-0.2, 0) is 16.6 Å². The summed E-state index contributed by atoms with van der Waals surface area (Å²) in [6, 6.07) is 13.6. The van der Waals surface area contributed by atoms with Gasteiger partial charge in [-0.1, -0.05) is 24.3 Å². The normalized spacial score (nSPS) is 12.7. The number of nitrogens with two attached hydrogens (primary N) is 1. The molecule has 1 unspecified atom stereocenters. The van der Waals surface area contributed by atoms with Gasteiger partial charge in [0.05, 0.1) is 37.4 Å². The van der Waals surface area contributed by atoms with Gasteiger partial charge in [-0.3, -0.25) is 4.21 Å². The van der Waals surface area contributed by atoms with Crippen LogP contribution in [0.5, 0.6) is 0 Å². The van der Waals surface area contributed by atoms with Crippen molar-refractivity contribution in [2.45, 2.75) is 17.6 Å². The molecule has 0 aliphatic carbocycles. The van der Waals surface area contributed by atoms with Gasteiger partial charge in [0.25, 0.3) is 0 Å². The SMILES string of the molecule is Cc1cccc(S(=O)Cc2nc3ccccc3s2)c1N. The van der Waals surface area contributed by atoms with Crippen molar-refractivity contribution in [3.63, 3.8) is 0 Å². The summed E-state index contributed by atoms with van der Waals surface area (Å²) in [4.78, 5) is 5.21. The third kappa shape index (κ3) is 2.46. The summed E-state index contributed by atoms with van der Waals surface area (Å²) >= 11 is 1.59. The van der Waals surface area contributed by atoms with Gasteiger partial charge in [0, 0.05) is 0 Å². The lowest BCUT2D eigenvalue weighted by molar-refractivity contribution is 0.683. The van der Waals surface area contributed by atoms with Crippen LogP contribution in [0.3, 0.4) is 0 Å². The molecule has 0 saturated carbocycles. The van der Waals surface area contributed by atoms with E-state index in [1.807, 2.05) is 49.4 Å². The Kier molecular flexibility index (Phi) is 3.54. The first-order chi connectivity index (χ1) is 9.65. The number of benzene rings is 2.